The number of nitrogens with zero attached hydrogens (tertiary/aromatic N) is 4. The van der Waals surface area contributed by atoms with Crippen molar-refractivity contribution in [2.75, 3.05) is 6.54 Å². The average Bonchev–Trinajstić information content (AvgIpc) is 3.40. The van der Waals surface area contributed by atoms with Crippen LogP contribution in [0.15, 0.2) is 36.5 Å². The largest absolute Gasteiger partial charge is 0.417 e. The molecule has 0 aliphatic rings. The number of aliphatic hydroxyl groups excluding tert-OH is 1. The van der Waals surface area contributed by atoms with Gasteiger partial charge in [0.05, 0.1) is 40.7 Å². The normalized spacial score (nSPS) is 13.5. The fourth-order valence-electron chi connectivity index (χ4n) is 2.86. The van der Waals surface area contributed by atoms with Gasteiger partial charge in [0.1, 0.15) is 5.69 Å². The maximum absolute atomic E-state index is 13.2. The predicted molar refractivity (Wildman–Crippen MR) is 104 cm³/mol. The van der Waals surface area contributed by atoms with Crippen LogP contribution in [0.1, 0.15) is 53.3 Å². The molecule has 1 amide bonds. The Morgan fingerprint density at radius 2 is 2.06 bits per heavy atom. The van der Waals surface area contributed by atoms with E-state index >= 15 is 0 Å². The quantitative estimate of drug-likeness (QED) is 0.553. The summed E-state index contributed by atoms with van der Waals surface area (Å²) < 4.78 is 41.1. The predicted octanol–water partition coefficient (Wildman–Crippen LogP) is 3.21. The molecule has 3 rings (SSSR count). The number of halogens is 3. The second-order valence-electron chi connectivity index (χ2n) is 6.99. The number of hydrogen-bond acceptors (Lipinski definition) is 5. The molecule has 0 fully saturated rings. The summed E-state index contributed by atoms with van der Waals surface area (Å²) in [7, 11) is 0. The van der Waals surface area contributed by atoms with Gasteiger partial charge in [-0.05, 0) is 38.1 Å². The van der Waals surface area contributed by atoms with Gasteiger partial charge >= 0.3 is 6.18 Å². The average molecular weight is 432 g/mol. The summed E-state index contributed by atoms with van der Waals surface area (Å²) in [6.45, 7) is 3.51. The van der Waals surface area contributed by atoms with Crippen molar-refractivity contribution in [2.45, 2.75) is 32.2 Å². The van der Waals surface area contributed by atoms with E-state index in [2.05, 4.69) is 20.6 Å². The SMILES string of the molecule is CC(CNC(=O)c1cc([C@@H](C)O)[nH]n1)n1ccc(-c2ccc(C#N)c(C(F)(F)F)c2)n1. The molecule has 2 heterocycles. The van der Waals surface area contributed by atoms with Crippen LogP contribution < -0.4 is 5.32 Å². The summed E-state index contributed by atoms with van der Waals surface area (Å²) in [4.78, 5) is 12.2. The first-order valence-electron chi connectivity index (χ1n) is 9.28. The Bertz CT molecular complexity index is 1130. The lowest BCUT2D eigenvalue weighted by molar-refractivity contribution is -0.137. The van der Waals surface area contributed by atoms with E-state index < -0.39 is 29.3 Å². The fraction of sp³-hybridized carbons (Fsp3) is 0.300. The molecule has 0 radical (unpaired) electrons. The number of rotatable bonds is 6. The first kappa shape index (κ1) is 22.0. The van der Waals surface area contributed by atoms with Crippen LogP contribution in [-0.4, -0.2) is 37.5 Å². The van der Waals surface area contributed by atoms with Gasteiger partial charge in [-0.15, -0.1) is 0 Å². The van der Waals surface area contributed by atoms with Gasteiger partial charge in [0.15, 0.2) is 0 Å². The Hall–Kier alpha value is -3.65. The van der Waals surface area contributed by atoms with E-state index in [4.69, 9.17) is 5.26 Å². The second-order valence-corrected chi connectivity index (χ2v) is 6.99. The Labute approximate surface area is 175 Å². The number of amides is 1. The minimum absolute atomic E-state index is 0.126. The summed E-state index contributed by atoms with van der Waals surface area (Å²) in [6.07, 6.45) is -3.84. The summed E-state index contributed by atoms with van der Waals surface area (Å²) >= 11 is 0. The number of aromatic amines is 1. The van der Waals surface area contributed by atoms with Crippen molar-refractivity contribution < 1.29 is 23.1 Å². The van der Waals surface area contributed by atoms with E-state index in [-0.39, 0.29) is 23.8 Å². The molecule has 0 saturated heterocycles. The number of aliphatic hydroxyl groups is 1. The van der Waals surface area contributed by atoms with Gasteiger partial charge in [-0.3, -0.25) is 14.6 Å². The monoisotopic (exact) mass is 432 g/mol. The van der Waals surface area contributed by atoms with Gasteiger partial charge in [-0.2, -0.15) is 28.6 Å². The van der Waals surface area contributed by atoms with E-state index in [1.165, 1.54) is 23.7 Å². The zero-order valence-electron chi connectivity index (χ0n) is 16.6. The van der Waals surface area contributed by atoms with E-state index in [9.17, 15) is 23.1 Å². The molecular formula is C20H19F3N6O2. The molecule has 3 N–H and O–H groups in total. The van der Waals surface area contributed by atoms with Gasteiger partial charge in [0.2, 0.25) is 0 Å². The summed E-state index contributed by atoms with van der Waals surface area (Å²) in [5.41, 5.74) is -0.399. The van der Waals surface area contributed by atoms with Gasteiger partial charge in [-0.25, -0.2) is 0 Å². The Morgan fingerprint density at radius 1 is 1.32 bits per heavy atom. The molecule has 162 valence electrons. The van der Waals surface area contributed by atoms with E-state index in [1.807, 2.05) is 0 Å². The standard InChI is InChI=1S/C20H19F3N6O2/c1-11(10-25-19(31)18-8-17(12(2)30)26-27-18)29-6-5-16(28-29)13-3-4-14(9-24)15(7-13)20(21,22)23/h3-8,11-12,30H,10H2,1-2H3,(H,25,31)(H,26,27)/t11?,12-/m1/s1. The number of H-pyrrole nitrogens is 1. The fourth-order valence-corrected chi connectivity index (χ4v) is 2.86. The third-order valence-corrected chi connectivity index (χ3v) is 4.64. The lowest BCUT2D eigenvalue weighted by atomic mass is 10.0. The molecular weight excluding hydrogens is 413 g/mol. The molecule has 2 atom stereocenters. The molecule has 0 bridgehead atoms. The zero-order chi connectivity index (χ0) is 22.8. The highest BCUT2D eigenvalue weighted by Gasteiger charge is 2.34. The molecule has 31 heavy (non-hydrogen) atoms. The molecule has 2 aromatic heterocycles. The van der Waals surface area contributed by atoms with Gasteiger partial charge in [0.25, 0.3) is 5.91 Å². The number of nitrogens with one attached hydrogen (secondary N) is 2. The Kier molecular flexibility index (Phi) is 6.12. The topological polar surface area (TPSA) is 120 Å². The van der Waals surface area contributed by atoms with Crippen LogP contribution in [0.5, 0.6) is 0 Å². The third kappa shape index (κ3) is 4.92. The van der Waals surface area contributed by atoms with E-state index in [0.29, 0.717) is 11.4 Å². The summed E-state index contributed by atoms with van der Waals surface area (Å²) in [6, 6.07) is 7.67. The van der Waals surface area contributed by atoms with Crippen LogP contribution in [0.3, 0.4) is 0 Å². The minimum atomic E-state index is -4.65. The van der Waals surface area contributed by atoms with Crippen molar-refractivity contribution in [1.29, 1.82) is 5.26 Å². The zero-order valence-corrected chi connectivity index (χ0v) is 16.6. The Balaban J connectivity index is 1.70. The van der Waals surface area contributed by atoms with Crippen molar-refractivity contribution in [3.05, 3.63) is 59.0 Å². The molecule has 0 aliphatic heterocycles. The van der Waals surface area contributed by atoms with Crippen LogP contribution in [0.2, 0.25) is 0 Å². The smallest absolute Gasteiger partial charge is 0.387 e. The van der Waals surface area contributed by atoms with Crippen LogP contribution in [0.25, 0.3) is 11.3 Å². The van der Waals surface area contributed by atoms with Crippen molar-refractivity contribution >= 4 is 5.91 Å². The van der Waals surface area contributed by atoms with Crippen LogP contribution in [-0.2, 0) is 6.18 Å². The molecule has 1 unspecified atom stereocenters. The maximum Gasteiger partial charge on any atom is 0.417 e. The van der Waals surface area contributed by atoms with Crippen molar-refractivity contribution in [1.82, 2.24) is 25.3 Å². The third-order valence-electron chi connectivity index (χ3n) is 4.64. The summed E-state index contributed by atoms with van der Waals surface area (Å²) in [5.74, 6) is -0.440. The molecule has 0 aliphatic carbocycles. The maximum atomic E-state index is 13.2. The summed E-state index contributed by atoms with van der Waals surface area (Å²) in [5, 5.41) is 31.8. The number of alkyl halides is 3. The lowest BCUT2D eigenvalue weighted by Gasteiger charge is -2.13. The molecule has 0 saturated carbocycles. The van der Waals surface area contributed by atoms with E-state index in [0.717, 1.165) is 12.1 Å². The van der Waals surface area contributed by atoms with Crippen molar-refractivity contribution in [3.63, 3.8) is 0 Å². The molecule has 3 aromatic rings. The number of benzene rings is 1. The first-order chi connectivity index (χ1) is 14.6. The van der Waals surface area contributed by atoms with Gasteiger partial charge in [0, 0.05) is 18.3 Å². The number of aromatic nitrogens is 4. The van der Waals surface area contributed by atoms with Crippen LogP contribution in [0.4, 0.5) is 13.2 Å². The highest BCUT2D eigenvalue weighted by atomic mass is 19.4. The second kappa shape index (κ2) is 8.61. The van der Waals surface area contributed by atoms with Crippen molar-refractivity contribution in [3.8, 4) is 17.3 Å². The highest BCUT2D eigenvalue weighted by molar-refractivity contribution is 5.92. The van der Waals surface area contributed by atoms with Crippen LogP contribution in [0, 0.1) is 11.3 Å². The van der Waals surface area contributed by atoms with Crippen LogP contribution >= 0.6 is 0 Å². The molecule has 11 heteroatoms. The lowest BCUT2D eigenvalue weighted by Crippen LogP contribution is -2.30. The highest BCUT2D eigenvalue weighted by Crippen LogP contribution is 2.34. The van der Waals surface area contributed by atoms with Gasteiger partial charge in [-0.1, -0.05) is 6.07 Å². The number of hydrogen-bond donors (Lipinski definition) is 3. The van der Waals surface area contributed by atoms with E-state index in [1.54, 1.807) is 25.3 Å². The molecule has 0 spiro atoms. The number of carbonyl (C=O) groups is 1. The molecule has 8 nitrogen and oxygen atoms in total. The number of carbonyl (C=O) groups excluding carboxylic acids is 1. The molecule has 1 aromatic carbocycles. The first-order valence-corrected chi connectivity index (χ1v) is 9.28. The minimum Gasteiger partial charge on any atom is -0.387 e. The van der Waals surface area contributed by atoms with Gasteiger partial charge < -0.3 is 10.4 Å². The Morgan fingerprint density at radius 3 is 2.68 bits per heavy atom. The van der Waals surface area contributed by atoms with Crippen molar-refractivity contribution in [2.24, 2.45) is 0 Å². The number of nitriles is 1.